The Morgan fingerprint density at radius 1 is 1.23 bits per heavy atom. The molecule has 0 spiro atoms. The monoisotopic (exact) mass is 413 g/mol. The first kappa shape index (κ1) is 22.0. The van der Waals surface area contributed by atoms with Crippen LogP contribution in [0.25, 0.3) is 10.9 Å². The zero-order valence-corrected chi connectivity index (χ0v) is 18.5. The zero-order chi connectivity index (χ0) is 21.3. The molecule has 1 heterocycles. The molecule has 1 aromatic carbocycles. The fraction of sp³-hybridized carbons (Fsp3) is 0.565. The minimum Gasteiger partial charge on any atom is -0.496 e. The number of benzene rings is 1. The molecule has 3 rings (SSSR count). The molecule has 0 aliphatic heterocycles. The van der Waals surface area contributed by atoms with Crippen molar-refractivity contribution >= 4 is 22.8 Å². The molecule has 164 valence electrons. The number of likely N-dealkylation sites (N-methyl/N-ethyl adjacent to an activating group) is 1. The van der Waals surface area contributed by atoms with Gasteiger partial charge in [0.2, 0.25) is 5.91 Å². The molecule has 0 saturated heterocycles. The van der Waals surface area contributed by atoms with Gasteiger partial charge in [-0.3, -0.25) is 4.79 Å². The molecule has 2 aromatic rings. The summed E-state index contributed by atoms with van der Waals surface area (Å²) in [5.74, 6) is 2.27. The number of aromatic amines is 1. The second kappa shape index (κ2) is 10.9. The van der Waals surface area contributed by atoms with E-state index in [4.69, 9.17) is 4.74 Å². The summed E-state index contributed by atoms with van der Waals surface area (Å²) in [4.78, 5) is 21.4. The number of fused-ring (bicyclic) bond motifs is 1. The summed E-state index contributed by atoms with van der Waals surface area (Å²) >= 11 is 0. The summed E-state index contributed by atoms with van der Waals surface area (Å²) in [5.41, 5.74) is 2.27. The van der Waals surface area contributed by atoms with Crippen molar-refractivity contribution in [3.05, 3.63) is 30.0 Å². The number of carbonyl (C=O) groups excluding carboxylic acids is 1. The minimum absolute atomic E-state index is 0.00451. The SMILES string of the molecule is COc1cccc2[nH]cc(CCNC(=NCC(=O)N(C)C)NCC3CCCCC3)c12. The smallest absolute Gasteiger partial charge is 0.243 e. The average Bonchev–Trinajstić information content (AvgIpc) is 3.18. The standard InChI is InChI=1S/C23H35N5O2/c1-28(2)21(29)16-27-23(26-14-17-8-5-4-6-9-17)24-13-12-18-15-25-19-10-7-11-20(30-3)22(18)19/h7,10-11,15,17,25H,4-6,8-9,12-14,16H2,1-3H3,(H2,24,26,27). The van der Waals surface area contributed by atoms with Gasteiger partial charge >= 0.3 is 0 Å². The van der Waals surface area contributed by atoms with Crippen LogP contribution in [0.15, 0.2) is 29.4 Å². The molecule has 0 atom stereocenters. The predicted octanol–water partition coefficient (Wildman–Crippen LogP) is 2.92. The first-order chi connectivity index (χ1) is 14.6. The number of methoxy groups -OCH3 is 1. The summed E-state index contributed by atoms with van der Waals surface area (Å²) in [5, 5.41) is 7.99. The third-order valence-corrected chi connectivity index (χ3v) is 5.81. The van der Waals surface area contributed by atoms with Gasteiger partial charge in [-0.25, -0.2) is 4.99 Å². The van der Waals surface area contributed by atoms with E-state index in [1.54, 1.807) is 26.1 Å². The van der Waals surface area contributed by atoms with E-state index < -0.39 is 0 Å². The lowest BCUT2D eigenvalue weighted by molar-refractivity contribution is -0.127. The number of nitrogens with one attached hydrogen (secondary N) is 3. The molecule has 30 heavy (non-hydrogen) atoms. The number of hydrogen-bond acceptors (Lipinski definition) is 3. The van der Waals surface area contributed by atoms with Gasteiger partial charge in [0.05, 0.1) is 7.11 Å². The van der Waals surface area contributed by atoms with Crippen LogP contribution in [-0.4, -0.2) is 62.6 Å². The number of ether oxygens (including phenoxy) is 1. The van der Waals surface area contributed by atoms with Gasteiger partial charge in [0.25, 0.3) is 0 Å². The summed E-state index contributed by atoms with van der Waals surface area (Å²) < 4.78 is 5.53. The lowest BCUT2D eigenvalue weighted by atomic mass is 9.89. The first-order valence-corrected chi connectivity index (χ1v) is 10.9. The molecule has 1 aliphatic carbocycles. The molecule has 1 aliphatic rings. The number of guanidine groups is 1. The van der Waals surface area contributed by atoms with E-state index in [1.807, 2.05) is 18.3 Å². The van der Waals surface area contributed by atoms with Crippen molar-refractivity contribution in [2.75, 3.05) is 40.8 Å². The van der Waals surface area contributed by atoms with Crippen molar-refractivity contribution in [3.8, 4) is 5.75 Å². The molecule has 0 unspecified atom stereocenters. The highest BCUT2D eigenvalue weighted by Crippen LogP contribution is 2.28. The summed E-state index contributed by atoms with van der Waals surface area (Å²) in [7, 11) is 5.21. The molecule has 7 heteroatoms. The van der Waals surface area contributed by atoms with Crippen LogP contribution in [-0.2, 0) is 11.2 Å². The Morgan fingerprint density at radius 3 is 2.77 bits per heavy atom. The number of nitrogens with zero attached hydrogens (tertiary/aromatic N) is 2. The number of aliphatic imine (C=N–C) groups is 1. The van der Waals surface area contributed by atoms with Crippen molar-refractivity contribution in [2.45, 2.75) is 38.5 Å². The molecule has 0 radical (unpaired) electrons. The minimum atomic E-state index is -0.00451. The van der Waals surface area contributed by atoms with E-state index in [0.717, 1.165) is 36.2 Å². The van der Waals surface area contributed by atoms with Crippen LogP contribution in [0.1, 0.15) is 37.7 Å². The Hall–Kier alpha value is -2.70. The number of hydrogen-bond donors (Lipinski definition) is 3. The summed E-state index contributed by atoms with van der Waals surface area (Å²) in [6, 6.07) is 6.03. The van der Waals surface area contributed by atoms with E-state index in [0.29, 0.717) is 11.9 Å². The lowest BCUT2D eigenvalue weighted by Crippen LogP contribution is -2.41. The van der Waals surface area contributed by atoms with Crippen LogP contribution in [0.2, 0.25) is 0 Å². The Morgan fingerprint density at radius 2 is 2.03 bits per heavy atom. The van der Waals surface area contributed by atoms with Crippen molar-refractivity contribution in [1.82, 2.24) is 20.5 Å². The van der Waals surface area contributed by atoms with Gasteiger partial charge < -0.3 is 25.3 Å². The van der Waals surface area contributed by atoms with Gasteiger partial charge in [-0.05, 0) is 42.9 Å². The molecule has 1 amide bonds. The zero-order valence-electron chi connectivity index (χ0n) is 18.5. The highest BCUT2D eigenvalue weighted by atomic mass is 16.5. The predicted molar refractivity (Wildman–Crippen MR) is 122 cm³/mol. The Kier molecular flexibility index (Phi) is 7.99. The highest BCUT2D eigenvalue weighted by Gasteiger charge is 2.14. The number of carbonyl (C=O) groups is 1. The summed E-state index contributed by atoms with van der Waals surface area (Å²) in [6.07, 6.45) is 9.38. The maximum absolute atomic E-state index is 12.0. The fourth-order valence-electron chi connectivity index (χ4n) is 4.00. The van der Waals surface area contributed by atoms with Gasteiger partial charge in [0, 0.05) is 44.3 Å². The van der Waals surface area contributed by atoms with Gasteiger partial charge in [0.1, 0.15) is 12.3 Å². The largest absolute Gasteiger partial charge is 0.496 e. The number of aromatic nitrogens is 1. The van der Waals surface area contributed by atoms with Gasteiger partial charge in [-0.2, -0.15) is 0 Å². The maximum atomic E-state index is 12.0. The Labute approximate surface area is 179 Å². The molecule has 1 saturated carbocycles. The van der Waals surface area contributed by atoms with Crippen LogP contribution in [0.3, 0.4) is 0 Å². The van der Waals surface area contributed by atoms with Crippen molar-refractivity contribution in [2.24, 2.45) is 10.9 Å². The fourth-order valence-corrected chi connectivity index (χ4v) is 4.00. The Balaban J connectivity index is 1.60. The van der Waals surface area contributed by atoms with Crippen molar-refractivity contribution in [3.63, 3.8) is 0 Å². The van der Waals surface area contributed by atoms with Crippen LogP contribution in [0, 0.1) is 5.92 Å². The number of rotatable bonds is 8. The maximum Gasteiger partial charge on any atom is 0.243 e. The lowest BCUT2D eigenvalue weighted by Gasteiger charge is -2.23. The number of H-pyrrole nitrogens is 1. The van der Waals surface area contributed by atoms with Crippen molar-refractivity contribution in [1.29, 1.82) is 0 Å². The van der Waals surface area contributed by atoms with Crippen LogP contribution in [0.4, 0.5) is 0 Å². The molecular weight excluding hydrogens is 378 g/mol. The van der Waals surface area contributed by atoms with E-state index in [9.17, 15) is 4.79 Å². The molecule has 1 aromatic heterocycles. The van der Waals surface area contributed by atoms with Gasteiger partial charge in [0.15, 0.2) is 5.96 Å². The molecule has 1 fully saturated rings. The van der Waals surface area contributed by atoms with Gasteiger partial charge in [-0.15, -0.1) is 0 Å². The van der Waals surface area contributed by atoms with E-state index in [2.05, 4.69) is 26.7 Å². The molecular formula is C23H35N5O2. The molecule has 0 bridgehead atoms. The topological polar surface area (TPSA) is 81.7 Å². The van der Waals surface area contributed by atoms with Crippen molar-refractivity contribution < 1.29 is 9.53 Å². The third-order valence-electron chi connectivity index (χ3n) is 5.81. The average molecular weight is 414 g/mol. The van der Waals surface area contributed by atoms with Crippen LogP contribution in [0.5, 0.6) is 5.75 Å². The van der Waals surface area contributed by atoms with E-state index in [-0.39, 0.29) is 12.5 Å². The van der Waals surface area contributed by atoms with Crippen LogP contribution >= 0.6 is 0 Å². The van der Waals surface area contributed by atoms with E-state index in [1.165, 1.54) is 37.7 Å². The summed E-state index contributed by atoms with van der Waals surface area (Å²) in [6.45, 7) is 1.77. The third kappa shape index (κ3) is 5.90. The van der Waals surface area contributed by atoms with Crippen LogP contribution < -0.4 is 15.4 Å². The highest BCUT2D eigenvalue weighted by molar-refractivity contribution is 5.89. The first-order valence-electron chi connectivity index (χ1n) is 10.9. The number of amides is 1. The second-order valence-electron chi connectivity index (χ2n) is 8.21. The normalized spacial score (nSPS) is 15.2. The second-order valence-corrected chi connectivity index (χ2v) is 8.21. The molecule has 3 N–H and O–H groups in total. The molecule has 7 nitrogen and oxygen atoms in total. The van der Waals surface area contributed by atoms with E-state index >= 15 is 0 Å². The Bertz CT molecular complexity index is 852. The van der Waals surface area contributed by atoms with Gasteiger partial charge in [-0.1, -0.05) is 25.3 Å². The quantitative estimate of drug-likeness (QED) is 0.459.